The molecule has 0 radical (unpaired) electrons. The van der Waals surface area contributed by atoms with Crippen molar-refractivity contribution in [3.8, 4) is 0 Å². The van der Waals surface area contributed by atoms with Crippen LogP contribution >= 0.6 is 11.3 Å². The Morgan fingerprint density at radius 1 is 1.15 bits per heavy atom. The second-order valence-electron chi connectivity index (χ2n) is 8.13. The van der Waals surface area contributed by atoms with Crippen molar-refractivity contribution >= 4 is 37.5 Å². The highest BCUT2D eigenvalue weighted by Gasteiger charge is 2.22. The maximum Gasteiger partial charge on any atom is 0.279 e. The number of aryl methyl sites for hydroxylation is 2. The molecule has 0 saturated heterocycles. The number of amides is 1. The van der Waals surface area contributed by atoms with Crippen molar-refractivity contribution < 1.29 is 17.6 Å². The van der Waals surface area contributed by atoms with Crippen LogP contribution in [0.1, 0.15) is 41.4 Å². The molecule has 2 aromatic heterocycles. The zero-order valence-electron chi connectivity index (χ0n) is 19.4. The van der Waals surface area contributed by atoms with Gasteiger partial charge in [0.1, 0.15) is 5.76 Å². The molecule has 4 aromatic rings. The van der Waals surface area contributed by atoms with Crippen molar-refractivity contribution in [3.05, 3.63) is 82.5 Å². The fraction of sp³-hybridized carbons (Fsp3) is 0.280. The van der Waals surface area contributed by atoms with Crippen molar-refractivity contribution in [3.63, 3.8) is 0 Å². The second kappa shape index (κ2) is 10.1. The van der Waals surface area contributed by atoms with E-state index < -0.39 is 15.9 Å². The van der Waals surface area contributed by atoms with Crippen LogP contribution in [0.5, 0.6) is 0 Å². The summed E-state index contributed by atoms with van der Waals surface area (Å²) in [6, 6.07) is 15.6. The highest BCUT2D eigenvalue weighted by Crippen LogP contribution is 2.21. The third kappa shape index (κ3) is 5.06. The molecule has 178 valence electrons. The number of nitrogens with zero attached hydrogens (tertiary/aromatic N) is 3. The number of thiazole rings is 1. The van der Waals surface area contributed by atoms with Crippen LogP contribution in [0, 0.1) is 0 Å². The van der Waals surface area contributed by atoms with Crippen molar-refractivity contribution in [2.24, 2.45) is 12.0 Å². The summed E-state index contributed by atoms with van der Waals surface area (Å²) in [7, 11) is -0.344. The molecule has 0 fully saturated rings. The van der Waals surface area contributed by atoms with E-state index in [0.29, 0.717) is 16.1 Å². The number of unbranched alkanes of at least 4 members (excludes halogenated alkanes) is 1. The molecule has 0 aliphatic heterocycles. The molecule has 0 unspecified atom stereocenters. The number of fused-ring (bicyclic) bond motifs is 1. The third-order valence-corrected chi connectivity index (χ3v) is 8.57. The molecule has 1 amide bonds. The summed E-state index contributed by atoms with van der Waals surface area (Å²) >= 11 is 1.47. The number of carbonyl (C=O) groups is 1. The van der Waals surface area contributed by atoms with Gasteiger partial charge in [0.2, 0.25) is 10.0 Å². The second-order valence-corrected chi connectivity index (χ2v) is 11.2. The highest BCUT2D eigenvalue weighted by atomic mass is 32.2. The van der Waals surface area contributed by atoms with E-state index >= 15 is 0 Å². The fourth-order valence-corrected chi connectivity index (χ4v) is 5.85. The van der Waals surface area contributed by atoms with E-state index in [-0.39, 0.29) is 11.4 Å². The zero-order valence-corrected chi connectivity index (χ0v) is 21.0. The first kappa shape index (κ1) is 24.1. The van der Waals surface area contributed by atoms with Crippen molar-refractivity contribution in [1.29, 1.82) is 0 Å². The summed E-state index contributed by atoms with van der Waals surface area (Å²) in [5, 5.41) is 0. The van der Waals surface area contributed by atoms with Crippen LogP contribution in [-0.2, 0) is 30.0 Å². The predicted molar refractivity (Wildman–Crippen MR) is 133 cm³/mol. The van der Waals surface area contributed by atoms with Crippen molar-refractivity contribution in [2.75, 3.05) is 7.05 Å². The average Bonchev–Trinajstić information content (AvgIpc) is 3.45. The van der Waals surface area contributed by atoms with Crippen LogP contribution in [0.2, 0.25) is 0 Å². The molecule has 7 nitrogen and oxygen atoms in total. The van der Waals surface area contributed by atoms with Crippen LogP contribution in [-0.4, -0.2) is 30.2 Å². The first-order valence-electron chi connectivity index (χ1n) is 11.1. The first-order chi connectivity index (χ1) is 16.3. The van der Waals surface area contributed by atoms with E-state index in [9.17, 15) is 13.2 Å². The van der Waals surface area contributed by atoms with Gasteiger partial charge in [0.15, 0.2) is 4.80 Å². The summed E-state index contributed by atoms with van der Waals surface area (Å²) in [6.07, 6.45) is 4.82. The molecule has 4 rings (SSSR count). The van der Waals surface area contributed by atoms with Gasteiger partial charge in [0.05, 0.1) is 27.9 Å². The molecule has 0 aliphatic carbocycles. The molecule has 0 bridgehead atoms. The van der Waals surface area contributed by atoms with Crippen molar-refractivity contribution in [2.45, 2.75) is 37.6 Å². The number of rotatable bonds is 8. The molecule has 2 aromatic carbocycles. The summed E-state index contributed by atoms with van der Waals surface area (Å²) in [4.78, 5) is 17.8. The minimum atomic E-state index is -3.72. The van der Waals surface area contributed by atoms with E-state index in [1.165, 1.54) is 58.8 Å². The van der Waals surface area contributed by atoms with Gasteiger partial charge in [0, 0.05) is 19.7 Å². The van der Waals surface area contributed by atoms with Gasteiger partial charge in [-0.05, 0) is 66.9 Å². The van der Waals surface area contributed by atoms with Crippen LogP contribution in [0.3, 0.4) is 0 Å². The monoisotopic (exact) mass is 497 g/mol. The Morgan fingerprint density at radius 2 is 1.91 bits per heavy atom. The summed E-state index contributed by atoms with van der Waals surface area (Å²) in [6.45, 7) is 2.29. The highest BCUT2D eigenvalue weighted by molar-refractivity contribution is 7.89. The number of benzene rings is 2. The van der Waals surface area contributed by atoms with Gasteiger partial charge in [0.25, 0.3) is 5.91 Å². The number of hydrogen-bond acceptors (Lipinski definition) is 5. The molecule has 0 spiro atoms. The molecule has 0 atom stereocenters. The average molecular weight is 498 g/mol. The molecular weight excluding hydrogens is 470 g/mol. The maximum atomic E-state index is 12.8. The molecule has 0 aliphatic rings. The summed E-state index contributed by atoms with van der Waals surface area (Å²) < 4.78 is 35.1. The van der Waals surface area contributed by atoms with Crippen LogP contribution in [0.15, 0.2) is 75.2 Å². The quantitative estimate of drug-likeness (QED) is 0.352. The minimum absolute atomic E-state index is 0.102. The van der Waals surface area contributed by atoms with Gasteiger partial charge >= 0.3 is 0 Å². The van der Waals surface area contributed by atoms with Crippen LogP contribution in [0.4, 0.5) is 0 Å². The maximum absolute atomic E-state index is 12.8. The largest absolute Gasteiger partial charge is 0.468 e. The standard InChI is InChI=1S/C25H27N3O4S2/c1-4-5-7-18-9-14-22-23(16-18)33-25(28(22)3)26-24(29)19-10-12-21(13-11-19)34(30,31)27(2)17-20-8-6-15-32-20/h6,8-16H,4-5,7,17H2,1-3H3. The number of furan rings is 1. The van der Waals surface area contributed by atoms with E-state index in [4.69, 9.17) is 4.42 Å². The van der Waals surface area contributed by atoms with Crippen LogP contribution in [0.25, 0.3) is 10.2 Å². The van der Waals surface area contributed by atoms with E-state index in [1.807, 2.05) is 11.6 Å². The molecule has 34 heavy (non-hydrogen) atoms. The molecule has 9 heteroatoms. The Kier molecular flexibility index (Phi) is 7.16. The predicted octanol–water partition coefficient (Wildman–Crippen LogP) is 4.74. The Labute approximate surface area is 203 Å². The lowest BCUT2D eigenvalue weighted by molar-refractivity contribution is 0.0998. The number of carbonyl (C=O) groups excluding carboxylic acids is 1. The minimum Gasteiger partial charge on any atom is -0.468 e. The van der Waals surface area contributed by atoms with E-state index in [2.05, 4.69) is 30.1 Å². The van der Waals surface area contributed by atoms with Crippen LogP contribution < -0.4 is 4.80 Å². The van der Waals surface area contributed by atoms with Crippen molar-refractivity contribution in [1.82, 2.24) is 8.87 Å². The summed E-state index contributed by atoms with van der Waals surface area (Å²) in [5.74, 6) is 0.131. The van der Waals surface area contributed by atoms with E-state index in [1.54, 1.807) is 12.1 Å². The lowest BCUT2D eigenvalue weighted by Crippen LogP contribution is -2.26. The SMILES string of the molecule is CCCCc1ccc2c(c1)sc(=NC(=O)c1ccc(S(=O)(=O)N(C)Cc3ccco3)cc1)n2C. The normalized spacial score (nSPS) is 12.6. The number of aromatic nitrogens is 1. The first-order valence-corrected chi connectivity index (χ1v) is 13.3. The lowest BCUT2D eigenvalue weighted by atomic mass is 10.1. The Morgan fingerprint density at radius 3 is 2.59 bits per heavy atom. The number of sulfonamides is 1. The molecular formula is C25H27N3O4S2. The summed E-state index contributed by atoms with van der Waals surface area (Å²) in [5.41, 5.74) is 2.63. The topological polar surface area (TPSA) is 84.9 Å². The van der Waals surface area contributed by atoms with Gasteiger partial charge in [-0.1, -0.05) is 30.7 Å². The number of hydrogen-bond donors (Lipinski definition) is 0. The lowest BCUT2D eigenvalue weighted by Gasteiger charge is -2.16. The van der Waals surface area contributed by atoms with Gasteiger partial charge in [-0.25, -0.2) is 8.42 Å². The van der Waals surface area contributed by atoms with E-state index in [0.717, 1.165) is 29.5 Å². The Hall–Kier alpha value is -3.01. The fourth-order valence-electron chi connectivity index (χ4n) is 3.63. The Bertz CT molecular complexity index is 1460. The van der Waals surface area contributed by atoms with Gasteiger partial charge in [-0.15, -0.1) is 0 Å². The zero-order chi connectivity index (χ0) is 24.3. The third-order valence-electron chi connectivity index (χ3n) is 5.66. The Balaban J connectivity index is 1.55. The molecule has 0 saturated carbocycles. The molecule has 0 N–H and O–H groups in total. The molecule has 2 heterocycles. The van der Waals surface area contributed by atoms with Gasteiger partial charge in [-0.2, -0.15) is 9.30 Å². The van der Waals surface area contributed by atoms with Gasteiger partial charge in [-0.3, -0.25) is 4.79 Å². The van der Waals surface area contributed by atoms with Gasteiger partial charge < -0.3 is 8.98 Å². The smallest absolute Gasteiger partial charge is 0.279 e.